The van der Waals surface area contributed by atoms with Gasteiger partial charge >= 0.3 is 6.01 Å². The molecule has 1 saturated heterocycles. The van der Waals surface area contributed by atoms with Crippen LogP contribution in [0.25, 0.3) is 11.2 Å². The molecule has 1 fully saturated rings. The van der Waals surface area contributed by atoms with Crippen LogP contribution < -0.4 is 10.5 Å². The van der Waals surface area contributed by atoms with Crippen molar-refractivity contribution in [3.8, 4) is 6.01 Å². The molecule has 1 aliphatic rings. The minimum Gasteiger partial charge on any atom is -0.467 e. The monoisotopic (exact) mass is 369 g/mol. The van der Waals surface area contributed by atoms with E-state index in [0.29, 0.717) is 17.6 Å². The highest BCUT2D eigenvalue weighted by Gasteiger charge is 2.44. The highest BCUT2D eigenvalue weighted by atomic mass is 31.2. The number of nitrogens with two attached hydrogens (primary N) is 1. The number of nitrogens with zero attached hydrogens (tertiary/aromatic N) is 4. The third-order valence-electron chi connectivity index (χ3n) is 4.24. The van der Waals surface area contributed by atoms with E-state index in [0.717, 1.165) is 6.16 Å². The van der Waals surface area contributed by atoms with Gasteiger partial charge in [-0.15, -0.1) is 13.2 Å². The van der Waals surface area contributed by atoms with Crippen LogP contribution in [-0.2, 0) is 4.74 Å². The van der Waals surface area contributed by atoms with Crippen molar-refractivity contribution >= 4 is 30.2 Å². The number of hydrogen-bond donors (Lipinski definition) is 3. The summed E-state index contributed by atoms with van der Waals surface area (Å²) in [7, 11) is 1.44. The van der Waals surface area contributed by atoms with Crippen LogP contribution in [0.3, 0.4) is 0 Å². The number of imidazole rings is 1. The molecule has 0 saturated carbocycles. The fraction of sp³-hybridized carbons (Fsp3) is 0.600. The van der Waals surface area contributed by atoms with Crippen molar-refractivity contribution in [1.29, 1.82) is 0 Å². The first-order chi connectivity index (χ1) is 11.7. The Bertz CT molecular complexity index is 820. The Balaban J connectivity index is 1.90. The van der Waals surface area contributed by atoms with Crippen LogP contribution in [0.1, 0.15) is 12.6 Å². The van der Waals surface area contributed by atoms with E-state index in [4.69, 9.17) is 15.2 Å². The zero-order valence-corrected chi connectivity index (χ0v) is 15.4. The van der Waals surface area contributed by atoms with Crippen LogP contribution in [0.5, 0.6) is 6.01 Å². The van der Waals surface area contributed by atoms with Gasteiger partial charge in [0.05, 0.1) is 19.5 Å². The lowest BCUT2D eigenvalue weighted by molar-refractivity contribution is -0.0353. The summed E-state index contributed by atoms with van der Waals surface area (Å²) in [5.74, 6) is 0.175. The van der Waals surface area contributed by atoms with Gasteiger partial charge < -0.3 is 25.4 Å². The molecule has 2 aromatic rings. The smallest absolute Gasteiger partial charge is 0.320 e. The van der Waals surface area contributed by atoms with E-state index in [2.05, 4.69) is 34.6 Å². The molecule has 0 aliphatic carbocycles. The van der Waals surface area contributed by atoms with E-state index < -0.39 is 31.4 Å². The lowest BCUT2D eigenvalue weighted by Gasteiger charge is -2.18. The SMILES string of the molecule is C=P(C)(C)CC[C@H]1O[C@@H](n2cnc3c(N)nc(OC)nc32)[C@H](O)[C@@H]1O. The van der Waals surface area contributed by atoms with Gasteiger partial charge in [-0.25, -0.2) is 4.98 Å². The number of aliphatic hydroxyl groups excluding tert-OH is 2. The van der Waals surface area contributed by atoms with Gasteiger partial charge in [-0.3, -0.25) is 4.57 Å². The lowest BCUT2D eigenvalue weighted by Crippen LogP contribution is -2.31. The van der Waals surface area contributed by atoms with Crippen LogP contribution >= 0.6 is 6.89 Å². The summed E-state index contributed by atoms with van der Waals surface area (Å²) in [5.41, 5.74) is 6.64. The van der Waals surface area contributed by atoms with E-state index in [1.165, 1.54) is 13.4 Å². The number of rotatable bonds is 5. The number of aromatic nitrogens is 4. The Labute approximate surface area is 145 Å². The maximum atomic E-state index is 10.4. The fourth-order valence-corrected chi connectivity index (χ4v) is 3.82. The lowest BCUT2D eigenvalue weighted by atomic mass is 10.1. The molecule has 2 aromatic heterocycles. The summed E-state index contributed by atoms with van der Waals surface area (Å²) in [5, 5.41) is 20.8. The molecule has 0 radical (unpaired) electrons. The maximum Gasteiger partial charge on any atom is 0.320 e. The summed E-state index contributed by atoms with van der Waals surface area (Å²) in [6.45, 7) is 3.00. The van der Waals surface area contributed by atoms with Crippen molar-refractivity contribution in [2.45, 2.75) is 31.0 Å². The summed E-state index contributed by atoms with van der Waals surface area (Å²) >= 11 is 0. The van der Waals surface area contributed by atoms with E-state index in [-0.39, 0.29) is 11.8 Å². The third-order valence-corrected chi connectivity index (χ3v) is 5.71. The maximum absolute atomic E-state index is 10.4. The van der Waals surface area contributed by atoms with E-state index in [9.17, 15) is 10.2 Å². The Kier molecular flexibility index (Phi) is 4.76. The largest absolute Gasteiger partial charge is 0.467 e. The molecule has 25 heavy (non-hydrogen) atoms. The van der Waals surface area contributed by atoms with Crippen LogP contribution in [-0.4, -0.2) is 80.9 Å². The van der Waals surface area contributed by atoms with Crippen molar-refractivity contribution in [3.63, 3.8) is 0 Å². The second kappa shape index (κ2) is 6.57. The van der Waals surface area contributed by atoms with Crippen molar-refractivity contribution in [3.05, 3.63) is 6.33 Å². The number of methoxy groups -OCH3 is 1. The first kappa shape index (κ1) is 18.1. The van der Waals surface area contributed by atoms with Gasteiger partial charge in [-0.2, -0.15) is 9.97 Å². The van der Waals surface area contributed by atoms with Crippen LogP contribution in [0, 0.1) is 0 Å². The summed E-state index contributed by atoms with van der Waals surface area (Å²) in [6.07, 6.45) is 3.75. The average molecular weight is 369 g/mol. The zero-order valence-electron chi connectivity index (χ0n) is 14.5. The van der Waals surface area contributed by atoms with Gasteiger partial charge in [-0.05, 0) is 25.9 Å². The van der Waals surface area contributed by atoms with E-state index in [1.54, 1.807) is 4.57 Å². The standard InChI is InChI=1S/C15H24N5O4P/c1-23-15-18-12(16)9-13(19-15)20(7-17-9)14-11(22)10(21)8(24-14)5-6-25(2,3)4/h7-8,10-11,14,21-22H,2,5-6H2,1,3-4H3,(H2,16,18,19)/t8-,10-,11-,14-/m1/s1. The van der Waals surface area contributed by atoms with E-state index in [1.807, 2.05) is 0 Å². The molecular weight excluding hydrogens is 345 g/mol. The minimum absolute atomic E-state index is 0.0972. The minimum atomic E-state index is -1.25. The Morgan fingerprint density at radius 1 is 1.36 bits per heavy atom. The predicted molar refractivity (Wildman–Crippen MR) is 97.6 cm³/mol. The molecule has 4 atom stereocenters. The normalized spacial score (nSPS) is 27.1. The molecule has 0 spiro atoms. The van der Waals surface area contributed by atoms with Gasteiger partial charge in [-0.1, -0.05) is 0 Å². The topological polar surface area (TPSA) is 129 Å². The Morgan fingerprint density at radius 3 is 2.72 bits per heavy atom. The first-order valence-corrected chi connectivity index (χ1v) is 11.0. The van der Waals surface area contributed by atoms with Gasteiger partial charge in [0.1, 0.15) is 12.2 Å². The number of nitrogen functional groups attached to an aromatic ring is 1. The molecule has 0 aromatic carbocycles. The fourth-order valence-electron chi connectivity index (χ4n) is 2.87. The summed E-state index contributed by atoms with van der Waals surface area (Å²) < 4.78 is 12.5. The summed E-state index contributed by atoms with van der Waals surface area (Å²) in [4.78, 5) is 12.4. The molecule has 9 nitrogen and oxygen atoms in total. The number of aliphatic hydroxyl groups is 2. The van der Waals surface area contributed by atoms with Crippen LogP contribution in [0.4, 0.5) is 5.82 Å². The number of ether oxygens (including phenoxy) is 2. The van der Waals surface area contributed by atoms with Gasteiger partial charge in [0.25, 0.3) is 0 Å². The summed E-state index contributed by atoms with van der Waals surface area (Å²) in [6, 6.07) is 0.0972. The molecule has 138 valence electrons. The van der Waals surface area contributed by atoms with Crippen LogP contribution in [0.2, 0.25) is 0 Å². The first-order valence-electron chi connectivity index (χ1n) is 7.94. The molecule has 1 aliphatic heterocycles. The molecule has 0 unspecified atom stereocenters. The predicted octanol–water partition coefficient (Wildman–Crippen LogP) is 0.136. The quantitative estimate of drug-likeness (QED) is 0.635. The Hall–Kier alpha value is -1.67. The van der Waals surface area contributed by atoms with Crippen LogP contribution in [0.15, 0.2) is 6.33 Å². The average Bonchev–Trinajstić information content (AvgIpc) is 3.08. The highest BCUT2D eigenvalue weighted by molar-refractivity contribution is 7.72. The molecule has 3 rings (SSSR count). The molecule has 3 heterocycles. The molecular formula is C15H24N5O4P. The highest BCUT2D eigenvalue weighted by Crippen LogP contribution is 2.40. The molecule has 0 amide bonds. The van der Waals surface area contributed by atoms with Gasteiger partial charge in [0.2, 0.25) is 0 Å². The van der Waals surface area contributed by atoms with E-state index >= 15 is 0 Å². The third kappa shape index (κ3) is 3.50. The number of anilines is 1. The van der Waals surface area contributed by atoms with Crippen molar-refractivity contribution < 1.29 is 19.7 Å². The van der Waals surface area contributed by atoms with Gasteiger partial charge in [0.15, 0.2) is 23.2 Å². The molecule has 4 N–H and O–H groups in total. The van der Waals surface area contributed by atoms with Gasteiger partial charge in [0, 0.05) is 0 Å². The van der Waals surface area contributed by atoms with Crippen molar-refractivity contribution in [2.24, 2.45) is 0 Å². The Morgan fingerprint density at radius 2 is 2.08 bits per heavy atom. The van der Waals surface area contributed by atoms with Crippen molar-refractivity contribution in [1.82, 2.24) is 19.5 Å². The molecule has 10 heteroatoms. The molecule has 0 bridgehead atoms. The van der Waals surface area contributed by atoms with Crippen molar-refractivity contribution in [2.75, 3.05) is 32.3 Å². The second-order valence-electron chi connectivity index (χ2n) is 6.91. The number of fused-ring (bicyclic) bond motifs is 1. The second-order valence-corrected chi connectivity index (χ2v) is 11.2. The number of hydrogen-bond acceptors (Lipinski definition) is 8. The zero-order chi connectivity index (χ0) is 18.4.